The second kappa shape index (κ2) is 5.84. The SMILES string of the molecule is CC(C)Cc1nc(-c2ncccc2Cl)nc(N)c1Br. The highest BCUT2D eigenvalue weighted by Crippen LogP contribution is 2.28. The van der Waals surface area contributed by atoms with Crippen LogP contribution < -0.4 is 5.73 Å². The summed E-state index contributed by atoms with van der Waals surface area (Å²) in [4.78, 5) is 13.0. The lowest BCUT2D eigenvalue weighted by atomic mass is 10.1. The fourth-order valence-electron chi connectivity index (χ4n) is 1.69. The second-order valence-corrected chi connectivity index (χ2v) is 5.83. The van der Waals surface area contributed by atoms with E-state index in [9.17, 15) is 0 Å². The highest BCUT2D eigenvalue weighted by atomic mass is 79.9. The molecule has 100 valence electrons. The Morgan fingerprint density at radius 2 is 2.11 bits per heavy atom. The molecule has 0 spiro atoms. The van der Waals surface area contributed by atoms with Gasteiger partial charge in [0.15, 0.2) is 5.82 Å². The smallest absolute Gasteiger partial charge is 0.182 e. The Balaban J connectivity index is 2.54. The van der Waals surface area contributed by atoms with E-state index in [2.05, 4.69) is 44.7 Å². The number of rotatable bonds is 3. The minimum Gasteiger partial charge on any atom is -0.383 e. The first-order chi connectivity index (χ1) is 8.99. The van der Waals surface area contributed by atoms with Crippen molar-refractivity contribution in [2.45, 2.75) is 20.3 Å². The summed E-state index contributed by atoms with van der Waals surface area (Å²) in [7, 11) is 0. The largest absolute Gasteiger partial charge is 0.383 e. The third-order valence-corrected chi connectivity index (χ3v) is 3.69. The van der Waals surface area contributed by atoms with E-state index in [1.807, 2.05) is 0 Å². The molecule has 0 saturated carbocycles. The summed E-state index contributed by atoms with van der Waals surface area (Å²) >= 11 is 9.54. The Morgan fingerprint density at radius 3 is 2.74 bits per heavy atom. The third kappa shape index (κ3) is 3.22. The summed E-state index contributed by atoms with van der Waals surface area (Å²) in [5.41, 5.74) is 7.34. The Kier molecular flexibility index (Phi) is 4.37. The van der Waals surface area contributed by atoms with Crippen LogP contribution in [0.4, 0.5) is 5.82 Å². The Bertz CT molecular complexity index is 601. The summed E-state index contributed by atoms with van der Waals surface area (Å²) < 4.78 is 0.747. The molecule has 0 saturated heterocycles. The predicted octanol–water partition coefficient (Wildman–Crippen LogP) is 3.74. The summed E-state index contributed by atoms with van der Waals surface area (Å²) in [6.07, 6.45) is 2.47. The highest BCUT2D eigenvalue weighted by Gasteiger charge is 2.15. The fraction of sp³-hybridized carbons (Fsp3) is 0.308. The number of nitrogens with zero attached hydrogens (tertiary/aromatic N) is 3. The van der Waals surface area contributed by atoms with Gasteiger partial charge in [-0.1, -0.05) is 25.4 Å². The van der Waals surface area contributed by atoms with Gasteiger partial charge < -0.3 is 5.73 Å². The quantitative estimate of drug-likeness (QED) is 0.923. The summed E-state index contributed by atoms with van der Waals surface area (Å²) in [5.74, 6) is 1.34. The average molecular weight is 342 g/mol. The lowest BCUT2D eigenvalue weighted by Crippen LogP contribution is -2.06. The first kappa shape index (κ1) is 14.2. The number of hydrogen-bond donors (Lipinski definition) is 1. The van der Waals surface area contributed by atoms with E-state index >= 15 is 0 Å². The molecule has 4 nitrogen and oxygen atoms in total. The number of anilines is 1. The number of hydrogen-bond acceptors (Lipinski definition) is 4. The molecule has 0 aliphatic rings. The first-order valence-corrected chi connectivity index (χ1v) is 7.09. The molecule has 0 bridgehead atoms. The maximum Gasteiger partial charge on any atom is 0.182 e. The zero-order chi connectivity index (χ0) is 14.0. The topological polar surface area (TPSA) is 64.7 Å². The summed E-state index contributed by atoms with van der Waals surface area (Å²) in [6, 6.07) is 3.52. The van der Waals surface area contributed by atoms with Crippen molar-refractivity contribution < 1.29 is 0 Å². The third-order valence-electron chi connectivity index (χ3n) is 2.52. The number of nitrogen functional groups attached to an aromatic ring is 1. The summed E-state index contributed by atoms with van der Waals surface area (Å²) in [6.45, 7) is 4.25. The van der Waals surface area contributed by atoms with Crippen molar-refractivity contribution in [3.8, 4) is 11.5 Å². The van der Waals surface area contributed by atoms with E-state index in [1.165, 1.54) is 0 Å². The number of halogens is 2. The molecule has 0 fully saturated rings. The first-order valence-electron chi connectivity index (χ1n) is 5.91. The van der Waals surface area contributed by atoms with Gasteiger partial charge in [-0.25, -0.2) is 9.97 Å². The van der Waals surface area contributed by atoms with Gasteiger partial charge in [0.25, 0.3) is 0 Å². The van der Waals surface area contributed by atoms with Gasteiger partial charge in [-0.15, -0.1) is 0 Å². The molecule has 2 N–H and O–H groups in total. The number of pyridine rings is 1. The number of nitrogens with two attached hydrogens (primary N) is 1. The lowest BCUT2D eigenvalue weighted by molar-refractivity contribution is 0.632. The highest BCUT2D eigenvalue weighted by molar-refractivity contribution is 9.10. The molecule has 0 aliphatic carbocycles. The van der Waals surface area contributed by atoms with Crippen LogP contribution >= 0.6 is 27.5 Å². The van der Waals surface area contributed by atoms with Crippen molar-refractivity contribution in [1.82, 2.24) is 15.0 Å². The van der Waals surface area contributed by atoms with E-state index in [1.54, 1.807) is 18.3 Å². The molecule has 2 aromatic heterocycles. The Hall–Kier alpha value is -1.20. The van der Waals surface area contributed by atoms with Crippen LogP contribution in [-0.2, 0) is 6.42 Å². The van der Waals surface area contributed by atoms with Gasteiger partial charge in [0.05, 0.1) is 15.2 Å². The van der Waals surface area contributed by atoms with Crippen LogP contribution in [0.1, 0.15) is 19.5 Å². The van der Waals surface area contributed by atoms with E-state index in [0.717, 1.165) is 16.6 Å². The zero-order valence-corrected chi connectivity index (χ0v) is 13.0. The molecular weight excluding hydrogens is 328 g/mol. The predicted molar refractivity (Wildman–Crippen MR) is 80.9 cm³/mol. The van der Waals surface area contributed by atoms with Crippen LogP contribution in [0.25, 0.3) is 11.5 Å². The molecule has 0 aromatic carbocycles. The van der Waals surface area contributed by atoms with Gasteiger partial charge in [0.2, 0.25) is 0 Å². The van der Waals surface area contributed by atoms with Gasteiger partial charge >= 0.3 is 0 Å². The van der Waals surface area contributed by atoms with E-state index in [4.69, 9.17) is 17.3 Å². The minimum absolute atomic E-state index is 0.405. The maximum atomic E-state index is 6.11. The van der Waals surface area contributed by atoms with Gasteiger partial charge in [-0.3, -0.25) is 4.98 Å². The van der Waals surface area contributed by atoms with E-state index < -0.39 is 0 Å². The van der Waals surface area contributed by atoms with Crippen LogP contribution in [0.3, 0.4) is 0 Å². The molecule has 0 radical (unpaired) electrons. The van der Waals surface area contributed by atoms with Gasteiger partial charge in [0, 0.05) is 6.20 Å². The van der Waals surface area contributed by atoms with Crippen molar-refractivity contribution in [3.63, 3.8) is 0 Å². The molecule has 0 amide bonds. The zero-order valence-electron chi connectivity index (χ0n) is 10.7. The van der Waals surface area contributed by atoms with Crippen LogP contribution in [0.15, 0.2) is 22.8 Å². The normalized spacial score (nSPS) is 11.0. The van der Waals surface area contributed by atoms with Crippen molar-refractivity contribution in [1.29, 1.82) is 0 Å². The van der Waals surface area contributed by atoms with Crippen molar-refractivity contribution in [2.75, 3.05) is 5.73 Å². The van der Waals surface area contributed by atoms with Crippen LogP contribution in [-0.4, -0.2) is 15.0 Å². The fourth-order valence-corrected chi connectivity index (χ4v) is 2.24. The minimum atomic E-state index is 0.405. The van der Waals surface area contributed by atoms with Crippen LogP contribution in [0, 0.1) is 5.92 Å². The maximum absolute atomic E-state index is 6.11. The number of aromatic nitrogens is 3. The molecular formula is C13H14BrClN4. The van der Waals surface area contributed by atoms with E-state index in [-0.39, 0.29) is 0 Å². The standard InChI is InChI=1S/C13H14BrClN4/c1-7(2)6-9-10(14)12(16)19-13(18-9)11-8(15)4-3-5-17-11/h3-5,7H,6H2,1-2H3,(H2,16,18,19). The van der Waals surface area contributed by atoms with Gasteiger partial charge in [0.1, 0.15) is 11.5 Å². The average Bonchev–Trinajstić information content (AvgIpc) is 2.35. The van der Waals surface area contributed by atoms with Gasteiger partial charge in [-0.05, 0) is 40.4 Å². The van der Waals surface area contributed by atoms with Crippen LogP contribution in [0.2, 0.25) is 5.02 Å². The van der Waals surface area contributed by atoms with Crippen molar-refractivity contribution in [3.05, 3.63) is 33.5 Å². The molecule has 0 aliphatic heterocycles. The van der Waals surface area contributed by atoms with Crippen LogP contribution in [0.5, 0.6) is 0 Å². The molecule has 2 heterocycles. The Labute approximate surface area is 125 Å². The molecule has 6 heteroatoms. The molecule has 0 atom stereocenters. The van der Waals surface area contributed by atoms with E-state index in [0.29, 0.717) is 28.3 Å². The molecule has 19 heavy (non-hydrogen) atoms. The summed E-state index contributed by atoms with van der Waals surface area (Å²) in [5, 5.41) is 0.514. The molecule has 0 unspecified atom stereocenters. The van der Waals surface area contributed by atoms with Gasteiger partial charge in [-0.2, -0.15) is 0 Å². The van der Waals surface area contributed by atoms with Crippen molar-refractivity contribution >= 4 is 33.3 Å². The second-order valence-electron chi connectivity index (χ2n) is 4.62. The Morgan fingerprint density at radius 1 is 1.37 bits per heavy atom. The lowest BCUT2D eigenvalue weighted by Gasteiger charge is -2.11. The monoisotopic (exact) mass is 340 g/mol. The van der Waals surface area contributed by atoms with Crippen molar-refractivity contribution in [2.24, 2.45) is 5.92 Å². The molecule has 2 aromatic rings. The molecule has 2 rings (SSSR count).